The van der Waals surface area contributed by atoms with Crippen molar-refractivity contribution in [1.29, 1.82) is 0 Å². The molecule has 3 aromatic carbocycles. The van der Waals surface area contributed by atoms with Gasteiger partial charge in [0.2, 0.25) is 5.91 Å². The molecule has 7 heteroatoms. The summed E-state index contributed by atoms with van der Waals surface area (Å²) in [5, 5.41) is 11.8. The lowest BCUT2D eigenvalue weighted by Gasteiger charge is -2.29. The maximum absolute atomic E-state index is 13.7. The van der Waals surface area contributed by atoms with Crippen molar-refractivity contribution in [2.24, 2.45) is 5.92 Å². The van der Waals surface area contributed by atoms with Gasteiger partial charge in [-0.25, -0.2) is 9.96 Å². The van der Waals surface area contributed by atoms with Crippen LogP contribution in [0.1, 0.15) is 24.1 Å². The van der Waals surface area contributed by atoms with E-state index in [2.05, 4.69) is 0 Å². The molecule has 3 aromatic rings. The minimum absolute atomic E-state index is 0.0117. The lowest BCUT2D eigenvalue weighted by Crippen LogP contribution is -2.37. The van der Waals surface area contributed by atoms with Crippen molar-refractivity contribution >= 4 is 23.2 Å². The van der Waals surface area contributed by atoms with Crippen molar-refractivity contribution in [1.82, 2.24) is 0 Å². The van der Waals surface area contributed by atoms with Gasteiger partial charge in [0.05, 0.1) is 24.0 Å². The topological polar surface area (TPSA) is 79.3 Å². The third-order valence-corrected chi connectivity index (χ3v) is 6.11. The van der Waals surface area contributed by atoms with E-state index in [0.717, 1.165) is 11.3 Å². The predicted molar refractivity (Wildman–Crippen MR) is 123 cm³/mol. The van der Waals surface area contributed by atoms with Crippen LogP contribution in [0.3, 0.4) is 0 Å². The molecule has 2 aliphatic heterocycles. The SMILES string of the molecule is CCOc1cc([C@H]2[C@H]3C(=O)N(c4ccccc4C)C(=O)[C@H]3ON2c2ccccc2)ccc1O. The lowest BCUT2D eigenvalue weighted by molar-refractivity contribution is -0.126. The number of fused-ring (bicyclic) bond motifs is 1. The van der Waals surface area contributed by atoms with Crippen LogP contribution in [0.25, 0.3) is 0 Å². The summed E-state index contributed by atoms with van der Waals surface area (Å²) >= 11 is 0. The molecule has 2 saturated heterocycles. The number of rotatable bonds is 5. The standard InChI is InChI=1S/C26H24N2O5/c1-3-32-21-15-17(13-14-20(21)29)23-22-24(33-28(23)18-10-5-4-6-11-18)26(31)27(25(22)30)19-12-8-7-9-16(19)2/h4-15,22-24,29H,3H2,1-2H3/t22-,23+,24+/m1/s1. The molecule has 3 atom stereocenters. The highest BCUT2D eigenvalue weighted by atomic mass is 16.7. The Bertz CT molecular complexity index is 1210. The molecule has 0 bridgehead atoms. The molecule has 2 amide bonds. The summed E-state index contributed by atoms with van der Waals surface area (Å²) in [5.74, 6) is -1.12. The van der Waals surface area contributed by atoms with E-state index < -0.39 is 18.1 Å². The number of anilines is 2. The van der Waals surface area contributed by atoms with Gasteiger partial charge in [0, 0.05) is 0 Å². The Morgan fingerprint density at radius 3 is 2.42 bits per heavy atom. The largest absolute Gasteiger partial charge is 0.504 e. The number of hydrogen-bond acceptors (Lipinski definition) is 6. The molecule has 0 spiro atoms. The molecule has 1 N–H and O–H groups in total. The van der Waals surface area contributed by atoms with Gasteiger partial charge in [-0.3, -0.25) is 14.4 Å². The molecule has 2 fully saturated rings. The molecule has 5 rings (SSSR count). The molecule has 168 valence electrons. The van der Waals surface area contributed by atoms with Crippen LogP contribution in [-0.2, 0) is 14.4 Å². The first kappa shape index (κ1) is 21.0. The number of aromatic hydroxyl groups is 1. The monoisotopic (exact) mass is 444 g/mol. The molecule has 0 aliphatic carbocycles. The van der Waals surface area contributed by atoms with E-state index in [9.17, 15) is 14.7 Å². The van der Waals surface area contributed by atoms with Crippen LogP contribution in [0.4, 0.5) is 11.4 Å². The van der Waals surface area contributed by atoms with E-state index in [1.807, 2.05) is 56.3 Å². The summed E-state index contributed by atoms with van der Waals surface area (Å²) in [6, 6.07) is 21.1. The summed E-state index contributed by atoms with van der Waals surface area (Å²) in [6.45, 7) is 4.08. The Labute approximate surface area is 191 Å². The number of ether oxygens (including phenoxy) is 1. The molecule has 0 saturated carbocycles. The molecule has 0 radical (unpaired) electrons. The summed E-state index contributed by atoms with van der Waals surface area (Å²) in [7, 11) is 0. The number of amides is 2. The molecule has 2 aliphatic rings. The third-order valence-electron chi connectivity index (χ3n) is 6.11. The molecular weight excluding hydrogens is 420 g/mol. The van der Waals surface area contributed by atoms with Crippen LogP contribution in [0.2, 0.25) is 0 Å². The molecular formula is C26H24N2O5. The van der Waals surface area contributed by atoms with E-state index in [1.54, 1.807) is 29.3 Å². The second kappa shape index (κ2) is 8.26. The van der Waals surface area contributed by atoms with Crippen LogP contribution in [0.15, 0.2) is 72.8 Å². The highest BCUT2D eigenvalue weighted by molar-refractivity contribution is 6.24. The fraction of sp³-hybridized carbons (Fsp3) is 0.231. The quantitative estimate of drug-likeness (QED) is 0.596. The second-order valence-electron chi connectivity index (χ2n) is 8.12. The van der Waals surface area contributed by atoms with Gasteiger partial charge in [0.25, 0.3) is 5.91 Å². The van der Waals surface area contributed by atoms with Gasteiger partial charge in [-0.05, 0) is 55.3 Å². The van der Waals surface area contributed by atoms with Gasteiger partial charge in [0.15, 0.2) is 17.6 Å². The highest BCUT2D eigenvalue weighted by Crippen LogP contribution is 2.48. The third kappa shape index (κ3) is 3.41. The van der Waals surface area contributed by atoms with Gasteiger partial charge in [-0.2, -0.15) is 0 Å². The maximum Gasteiger partial charge on any atom is 0.266 e. The van der Waals surface area contributed by atoms with E-state index in [0.29, 0.717) is 23.6 Å². The maximum atomic E-state index is 13.7. The van der Waals surface area contributed by atoms with Crippen molar-refractivity contribution in [3.8, 4) is 11.5 Å². The molecule has 0 aromatic heterocycles. The first-order valence-electron chi connectivity index (χ1n) is 10.9. The Morgan fingerprint density at radius 1 is 0.970 bits per heavy atom. The normalized spacial score (nSPS) is 22.1. The van der Waals surface area contributed by atoms with Gasteiger partial charge >= 0.3 is 0 Å². The average Bonchev–Trinajstić information content (AvgIpc) is 3.33. The number of aryl methyl sites for hydroxylation is 1. The van der Waals surface area contributed by atoms with Crippen LogP contribution in [-0.4, -0.2) is 29.6 Å². The molecule has 7 nitrogen and oxygen atoms in total. The number of phenolic OH excluding ortho intramolecular Hbond substituents is 1. The van der Waals surface area contributed by atoms with Gasteiger partial charge in [-0.1, -0.05) is 42.5 Å². The Balaban J connectivity index is 1.61. The van der Waals surface area contributed by atoms with E-state index in [-0.39, 0.29) is 17.6 Å². The Hall–Kier alpha value is -3.84. The Morgan fingerprint density at radius 2 is 1.70 bits per heavy atom. The van der Waals surface area contributed by atoms with Crippen molar-refractivity contribution < 1.29 is 24.3 Å². The van der Waals surface area contributed by atoms with E-state index in [1.165, 1.54) is 11.0 Å². The minimum Gasteiger partial charge on any atom is -0.504 e. The van der Waals surface area contributed by atoms with Crippen LogP contribution >= 0.6 is 0 Å². The molecule has 2 heterocycles. The molecule has 33 heavy (non-hydrogen) atoms. The molecule has 0 unspecified atom stereocenters. The summed E-state index contributed by atoms with van der Waals surface area (Å²) in [6.07, 6.45) is -0.952. The number of para-hydroxylation sites is 2. The number of imide groups is 1. The number of carbonyl (C=O) groups excluding carboxylic acids is 2. The number of hydrogen-bond donors (Lipinski definition) is 1. The van der Waals surface area contributed by atoms with Crippen molar-refractivity contribution in [3.05, 3.63) is 83.9 Å². The van der Waals surface area contributed by atoms with Crippen LogP contribution in [0, 0.1) is 12.8 Å². The second-order valence-corrected chi connectivity index (χ2v) is 8.12. The number of carbonyl (C=O) groups is 2. The average molecular weight is 444 g/mol. The first-order valence-corrected chi connectivity index (χ1v) is 10.9. The highest BCUT2D eigenvalue weighted by Gasteiger charge is 2.60. The van der Waals surface area contributed by atoms with Gasteiger partial charge < -0.3 is 9.84 Å². The lowest BCUT2D eigenvalue weighted by atomic mass is 9.90. The van der Waals surface area contributed by atoms with Crippen molar-refractivity contribution in [3.63, 3.8) is 0 Å². The summed E-state index contributed by atoms with van der Waals surface area (Å²) < 4.78 is 5.57. The van der Waals surface area contributed by atoms with Crippen LogP contribution in [0.5, 0.6) is 11.5 Å². The van der Waals surface area contributed by atoms with Gasteiger partial charge in [-0.15, -0.1) is 0 Å². The summed E-state index contributed by atoms with van der Waals surface area (Å²) in [4.78, 5) is 34.5. The number of benzene rings is 3. The van der Waals surface area contributed by atoms with Crippen LogP contribution < -0.4 is 14.7 Å². The minimum atomic E-state index is -0.952. The smallest absolute Gasteiger partial charge is 0.266 e. The first-order chi connectivity index (χ1) is 16.0. The Kier molecular flexibility index (Phi) is 5.26. The van der Waals surface area contributed by atoms with E-state index >= 15 is 0 Å². The van der Waals surface area contributed by atoms with E-state index in [4.69, 9.17) is 9.57 Å². The number of phenols is 1. The zero-order valence-electron chi connectivity index (χ0n) is 18.3. The van der Waals surface area contributed by atoms with Crippen molar-refractivity contribution in [2.75, 3.05) is 16.6 Å². The van der Waals surface area contributed by atoms with Crippen molar-refractivity contribution in [2.45, 2.75) is 26.0 Å². The van der Waals surface area contributed by atoms with Gasteiger partial charge in [0.1, 0.15) is 5.92 Å². The number of nitrogens with zero attached hydrogens (tertiary/aromatic N) is 2. The number of hydroxylamine groups is 1. The fourth-order valence-electron chi connectivity index (χ4n) is 4.59. The summed E-state index contributed by atoms with van der Waals surface area (Å²) in [5.41, 5.74) is 2.83. The zero-order chi connectivity index (χ0) is 23.1. The predicted octanol–water partition coefficient (Wildman–Crippen LogP) is 4.15. The fourth-order valence-corrected chi connectivity index (χ4v) is 4.59. The zero-order valence-corrected chi connectivity index (χ0v) is 18.3.